The van der Waals surface area contributed by atoms with Crippen molar-refractivity contribution in [2.45, 2.75) is 11.4 Å². The van der Waals surface area contributed by atoms with Gasteiger partial charge < -0.3 is 9.47 Å². The Bertz CT molecular complexity index is 984. The Kier molecular flexibility index (Phi) is 5.19. The van der Waals surface area contributed by atoms with E-state index in [1.807, 2.05) is 0 Å². The van der Waals surface area contributed by atoms with Crippen LogP contribution >= 0.6 is 0 Å². The van der Waals surface area contributed by atoms with Crippen molar-refractivity contribution in [1.82, 2.24) is 19.5 Å². The first-order valence-electron chi connectivity index (χ1n) is 7.71. The van der Waals surface area contributed by atoms with Crippen LogP contribution in [0.4, 0.5) is 0 Å². The van der Waals surface area contributed by atoms with Gasteiger partial charge in [-0.3, -0.25) is 4.68 Å². The summed E-state index contributed by atoms with van der Waals surface area (Å²) in [5.41, 5.74) is 0.718. The molecule has 3 aromatic rings. The van der Waals surface area contributed by atoms with E-state index in [0.29, 0.717) is 11.6 Å². The molecule has 8 nitrogen and oxygen atoms in total. The highest BCUT2D eigenvalue weighted by molar-refractivity contribution is 7.89. The highest BCUT2D eigenvalue weighted by atomic mass is 32.2. The third kappa shape index (κ3) is 4.38. The number of hydrogen-bond acceptors (Lipinski definition) is 6. The largest absolute Gasteiger partial charge is 0.497 e. The lowest BCUT2D eigenvalue weighted by molar-refractivity contribution is 0.412. The van der Waals surface area contributed by atoms with Gasteiger partial charge in [0, 0.05) is 32.1 Å². The van der Waals surface area contributed by atoms with E-state index in [1.54, 1.807) is 56.8 Å². The van der Waals surface area contributed by atoms with Crippen molar-refractivity contribution >= 4 is 10.0 Å². The summed E-state index contributed by atoms with van der Waals surface area (Å²) in [6.07, 6.45) is 4.30. The first-order chi connectivity index (χ1) is 12.5. The topological polar surface area (TPSA) is 95.3 Å². The van der Waals surface area contributed by atoms with E-state index in [-0.39, 0.29) is 11.4 Å². The van der Waals surface area contributed by atoms with Crippen LogP contribution in [0.25, 0.3) is 0 Å². The van der Waals surface area contributed by atoms with Gasteiger partial charge in [-0.25, -0.2) is 18.1 Å². The van der Waals surface area contributed by atoms with E-state index in [2.05, 4.69) is 14.8 Å². The van der Waals surface area contributed by atoms with Gasteiger partial charge in [0.2, 0.25) is 15.9 Å². The van der Waals surface area contributed by atoms with Crippen molar-refractivity contribution in [3.8, 4) is 17.4 Å². The fourth-order valence-electron chi connectivity index (χ4n) is 2.18. The van der Waals surface area contributed by atoms with Crippen molar-refractivity contribution in [2.24, 2.45) is 7.05 Å². The van der Waals surface area contributed by atoms with Crippen LogP contribution in [0.1, 0.15) is 5.56 Å². The molecule has 0 aliphatic carbocycles. The first kappa shape index (κ1) is 17.9. The molecule has 26 heavy (non-hydrogen) atoms. The Morgan fingerprint density at radius 2 is 1.88 bits per heavy atom. The molecule has 3 rings (SSSR count). The van der Waals surface area contributed by atoms with Crippen LogP contribution in [0, 0.1) is 0 Å². The highest BCUT2D eigenvalue weighted by Gasteiger charge is 2.15. The molecule has 9 heteroatoms. The maximum atomic E-state index is 12.2. The lowest BCUT2D eigenvalue weighted by Crippen LogP contribution is -2.22. The SMILES string of the molecule is COc1ccc(Oc2cc(CNS(=O)(=O)c3cnn(C)c3)ccn2)cc1. The molecule has 136 valence electrons. The van der Waals surface area contributed by atoms with Gasteiger partial charge >= 0.3 is 0 Å². The number of aromatic nitrogens is 3. The predicted octanol–water partition coefficient (Wildman–Crippen LogP) is 2.09. The molecule has 0 fully saturated rings. The lowest BCUT2D eigenvalue weighted by Gasteiger charge is -2.08. The minimum absolute atomic E-state index is 0.110. The number of nitrogens with zero attached hydrogens (tertiary/aromatic N) is 3. The van der Waals surface area contributed by atoms with Crippen molar-refractivity contribution < 1.29 is 17.9 Å². The molecule has 0 spiro atoms. The molecule has 2 heterocycles. The van der Waals surface area contributed by atoms with Gasteiger partial charge in [-0.1, -0.05) is 0 Å². The molecule has 2 aromatic heterocycles. The molecule has 0 saturated carbocycles. The second-order valence-corrected chi connectivity index (χ2v) is 7.22. The van der Waals surface area contributed by atoms with Gasteiger partial charge in [-0.2, -0.15) is 5.10 Å². The van der Waals surface area contributed by atoms with E-state index in [9.17, 15) is 8.42 Å². The average Bonchev–Trinajstić information content (AvgIpc) is 3.09. The zero-order valence-electron chi connectivity index (χ0n) is 14.3. The van der Waals surface area contributed by atoms with Gasteiger partial charge in [-0.15, -0.1) is 0 Å². The van der Waals surface area contributed by atoms with E-state index < -0.39 is 10.0 Å². The third-order valence-corrected chi connectivity index (χ3v) is 4.89. The fraction of sp³-hybridized carbons (Fsp3) is 0.176. The molecule has 1 N–H and O–H groups in total. The van der Waals surface area contributed by atoms with Crippen LogP contribution in [0.2, 0.25) is 0 Å². The van der Waals surface area contributed by atoms with Crippen molar-refractivity contribution in [1.29, 1.82) is 0 Å². The highest BCUT2D eigenvalue weighted by Crippen LogP contribution is 2.23. The number of sulfonamides is 1. The van der Waals surface area contributed by atoms with Crippen molar-refractivity contribution in [2.75, 3.05) is 7.11 Å². The Balaban J connectivity index is 1.67. The number of methoxy groups -OCH3 is 1. The minimum atomic E-state index is -3.63. The molecule has 0 aliphatic rings. The van der Waals surface area contributed by atoms with Crippen LogP contribution < -0.4 is 14.2 Å². The standard InChI is InChI=1S/C17H18N4O4S/c1-21-12-16(11-19-21)26(22,23)20-10-13-7-8-18-17(9-13)25-15-5-3-14(24-2)4-6-15/h3-9,11-12,20H,10H2,1-2H3. The quantitative estimate of drug-likeness (QED) is 0.680. The Morgan fingerprint density at radius 1 is 1.15 bits per heavy atom. The summed E-state index contributed by atoms with van der Waals surface area (Å²) in [7, 11) is -0.377. The van der Waals surface area contributed by atoms with Crippen LogP contribution in [0.15, 0.2) is 59.9 Å². The molecular formula is C17H18N4O4S. The Morgan fingerprint density at radius 3 is 2.54 bits per heavy atom. The van der Waals surface area contributed by atoms with E-state index in [0.717, 1.165) is 11.3 Å². The minimum Gasteiger partial charge on any atom is -0.497 e. The molecule has 1 aromatic carbocycles. The molecule has 0 aliphatic heterocycles. The number of aryl methyl sites for hydroxylation is 1. The summed E-state index contributed by atoms with van der Waals surface area (Å²) in [4.78, 5) is 4.25. The second kappa shape index (κ2) is 7.54. The first-order valence-corrected chi connectivity index (χ1v) is 9.20. The lowest BCUT2D eigenvalue weighted by atomic mass is 10.3. The molecule has 0 amide bonds. The summed E-state index contributed by atoms with van der Waals surface area (Å²) in [5.74, 6) is 1.70. The van der Waals surface area contributed by atoms with Crippen LogP contribution in [0.3, 0.4) is 0 Å². The van der Waals surface area contributed by atoms with Gasteiger partial charge in [0.25, 0.3) is 0 Å². The average molecular weight is 374 g/mol. The second-order valence-electron chi connectivity index (χ2n) is 5.45. The number of benzene rings is 1. The maximum Gasteiger partial charge on any atom is 0.243 e. The van der Waals surface area contributed by atoms with Crippen LogP contribution in [-0.2, 0) is 23.6 Å². The maximum absolute atomic E-state index is 12.2. The van der Waals surface area contributed by atoms with Gasteiger partial charge in [0.1, 0.15) is 16.4 Å². The number of hydrogen-bond donors (Lipinski definition) is 1. The number of rotatable bonds is 7. The summed E-state index contributed by atoms with van der Waals surface area (Å²) in [5, 5.41) is 3.87. The Hall–Kier alpha value is -2.91. The normalized spacial score (nSPS) is 11.3. The van der Waals surface area contributed by atoms with Crippen molar-refractivity contribution in [3.63, 3.8) is 0 Å². The van der Waals surface area contributed by atoms with Crippen molar-refractivity contribution in [3.05, 3.63) is 60.6 Å². The van der Waals surface area contributed by atoms with E-state index in [1.165, 1.54) is 17.1 Å². The third-order valence-electron chi connectivity index (χ3n) is 3.54. The predicted molar refractivity (Wildman–Crippen MR) is 94.5 cm³/mol. The molecule has 0 bridgehead atoms. The van der Waals surface area contributed by atoms with E-state index >= 15 is 0 Å². The smallest absolute Gasteiger partial charge is 0.243 e. The summed E-state index contributed by atoms with van der Waals surface area (Å²) in [6, 6.07) is 10.5. The fourth-order valence-corrected chi connectivity index (χ4v) is 3.18. The number of pyridine rings is 1. The zero-order valence-corrected chi connectivity index (χ0v) is 15.1. The monoisotopic (exact) mass is 374 g/mol. The Labute approximate surface area is 151 Å². The van der Waals surface area contributed by atoms with Gasteiger partial charge in [0.15, 0.2) is 0 Å². The molecule has 0 radical (unpaired) electrons. The molecular weight excluding hydrogens is 356 g/mol. The zero-order chi connectivity index (χ0) is 18.6. The molecule has 0 unspecified atom stereocenters. The number of ether oxygens (including phenoxy) is 2. The molecule has 0 atom stereocenters. The summed E-state index contributed by atoms with van der Waals surface area (Å²) in [6.45, 7) is 0.110. The van der Waals surface area contributed by atoms with E-state index in [4.69, 9.17) is 9.47 Å². The number of nitrogens with one attached hydrogen (secondary N) is 1. The molecule has 0 saturated heterocycles. The van der Waals surface area contributed by atoms with Gasteiger partial charge in [-0.05, 0) is 35.9 Å². The summed E-state index contributed by atoms with van der Waals surface area (Å²) < 4.78 is 39.2. The van der Waals surface area contributed by atoms with Gasteiger partial charge in [0.05, 0.1) is 13.3 Å². The van der Waals surface area contributed by atoms with Crippen LogP contribution in [0.5, 0.6) is 17.4 Å². The van der Waals surface area contributed by atoms with Crippen LogP contribution in [-0.4, -0.2) is 30.3 Å². The summed E-state index contributed by atoms with van der Waals surface area (Å²) >= 11 is 0.